The lowest BCUT2D eigenvalue weighted by atomic mass is 10.3. The summed E-state index contributed by atoms with van der Waals surface area (Å²) in [5.41, 5.74) is 0. The van der Waals surface area contributed by atoms with Crippen LogP contribution in [-0.4, -0.2) is 26.4 Å². The number of nitrogens with one attached hydrogen (secondary N) is 2. The first-order valence-electron chi connectivity index (χ1n) is 5.29. The average molecular weight is 355 g/mol. The van der Waals surface area contributed by atoms with E-state index in [-0.39, 0.29) is 16.2 Å². The van der Waals surface area contributed by atoms with E-state index in [2.05, 4.69) is 26.0 Å². The van der Waals surface area contributed by atoms with Gasteiger partial charge in [-0.1, -0.05) is 0 Å². The summed E-state index contributed by atoms with van der Waals surface area (Å²) in [4.78, 5) is 11.6. The summed E-state index contributed by atoms with van der Waals surface area (Å²) < 4.78 is 27.0. The van der Waals surface area contributed by atoms with E-state index in [1.807, 2.05) is 13.8 Å². The standard InChI is InChI=1S/C10H15BrN2O3S2/c1-6(2)12-9(14)7(3)13-18(15,16)10-8(11)4-5-17-10/h4-7,13H,1-3H3,(H,12,14). The van der Waals surface area contributed by atoms with Crippen LogP contribution in [0, 0.1) is 0 Å². The molecule has 1 aromatic rings. The molecular weight excluding hydrogens is 340 g/mol. The van der Waals surface area contributed by atoms with Crippen molar-refractivity contribution in [1.29, 1.82) is 0 Å². The Bertz CT molecular complexity index is 525. The van der Waals surface area contributed by atoms with Crippen LogP contribution in [0.25, 0.3) is 0 Å². The lowest BCUT2D eigenvalue weighted by Crippen LogP contribution is -2.46. The number of hydrogen-bond donors (Lipinski definition) is 2. The molecule has 2 N–H and O–H groups in total. The summed E-state index contributed by atoms with van der Waals surface area (Å²) in [5, 5.41) is 4.31. The summed E-state index contributed by atoms with van der Waals surface area (Å²) in [7, 11) is -3.67. The third-order valence-electron chi connectivity index (χ3n) is 1.98. The first-order chi connectivity index (χ1) is 8.24. The molecule has 1 heterocycles. The molecule has 0 spiro atoms. The van der Waals surface area contributed by atoms with Crippen molar-refractivity contribution in [1.82, 2.24) is 10.0 Å². The van der Waals surface area contributed by atoms with Gasteiger partial charge in [-0.05, 0) is 48.1 Å². The summed E-state index contributed by atoms with van der Waals surface area (Å²) in [6, 6.07) is 0.808. The summed E-state index contributed by atoms with van der Waals surface area (Å²) >= 11 is 4.26. The van der Waals surface area contributed by atoms with Crippen LogP contribution in [0.5, 0.6) is 0 Å². The van der Waals surface area contributed by atoms with Gasteiger partial charge in [-0.15, -0.1) is 11.3 Å². The molecule has 1 atom stereocenters. The van der Waals surface area contributed by atoms with Crippen LogP contribution in [0.15, 0.2) is 20.1 Å². The van der Waals surface area contributed by atoms with Gasteiger partial charge in [-0.3, -0.25) is 4.79 Å². The maximum Gasteiger partial charge on any atom is 0.251 e. The Labute approximate surface area is 119 Å². The van der Waals surface area contributed by atoms with E-state index in [1.165, 1.54) is 6.92 Å². The van der Waals surface area contributed by atoms with Crippen LogP contribution < -0.4 is 10.0 Å². The van der Waals surface area contributed by atoms with Crippen molar-refractivity contribution >= 4 is 43.2 Å². The highest BCUT2D eigenvalue weighted by atomic mass is 79.9. The molecule has 0 saturated heterocycles. The quantitative estimate of drug-likeness (QED) is 0.844. The maximum absolute atomic E-state index is 12.0. The second kappa shape index (κ2) is 6.14. The number of amides is 1. The number of halogens is 1. The highest BCUT2D eigenvalue weighted by molar-refractivity contribution is 9.10. The van der Waals surface area contributed by atoms with Crippen LogP contribution in [0.1, 0.15) is 20.8 Å². The zero-order chi connectivity index (χ0) is 13.9. The Morgan fingerprint density at radius 3 is 2.44 bits per heavy atom. The Balaban J connectivity index is 2.79. The van der Waals surface area contributed by atoms with Gasteiger partial charge in [-0.25, -0.2) is 8.42 Å². The van der Waals surface area contributed by atoms with E-state index >= 15 is 0 Å². The number of carbonyl (C=O) groups is 1. The Morgan fingerprint density at radius 2 is 2.00 bits per heavy atom. The van der Waals surface area contributed by atoms with E-state index < -0.39 is 16.1 Å². The van der Waals surface area contributed by atoms with Gasteiger partial charge >= 0.3 is 0 Å². The van der Waals surface area contributed by atoms with Crippen LogP contribution in [-0.2, 0) is 14.8 Å². The summed E-state index contributed by atoms with van der Waals surface area (Å²) in [5.74, 6) is -0.346. The van der Waals surface area contributed by atoms with Crippen molar-refractivity contribution in [2.24, 2.45) is 0 Å². The van der Waals surface area contributed by atoms with Gasteiger partial charge < -0.3 is 5.32 Å². The number of rotatable bonds is 5. The fraction of sp³-hybridized carbons (Fsp3) is 0.500. The molecule has 18 heavy (non-hydrogen) atoms. The third kappa shape index (κ3) is 4.04. The highest BCUT2D eigenvalue weighted by Gasteiger charge is 2.24. The summed E-state index contributed by atoms with van der Waals surface area (Å²) in [6.07, 6.45) is 0. The predicted octanol–water partition coefficient (Wildman–Crippen LogP) is 1.70. The van der Waals surface area contributed by atoms with Gasteiger partial charge in [0.15, 0.2) is 0 Å². The number of hydrogen-bond acceptors (Lipinski definition) is 4. The van der Waals surface area contributed by atoms with Crippen molar-refractivity contribution < 1.29 is 13.2 Å². The SMILES string of the molecule is CC(C)NC(=O)C(C)NS(=O)(=O)c1sccc1Br. The van der Waals surface area contributed by atoms with Gasteiger partial charge in [-0.2, -0.15) is 4.72 Å². The zero-order valence-corrected chi connectivity index (χ0v) is 13.4. The fourth-order valence-corrected chi connectivity index (χ4v) is 4.78. The lowest BCUT2D eigenvalue weighted by molar-refractivity contribution is -0.122. The lowest BCUT2D eigenvalue weighted by Gasteiger charge is -2.15. The van der Waals surface area contributed by atoms with E-state index in [4.69, 9.17) is 0 Å². The topological polar surface area (TPSA) is 75.3 Å². The van der Waals surface area contributed by atoms with Gasteiger partial charge in [0.2, 0.25) is 5.91 Å². The maximum atomic E-state index is 12.0. The van der Waals surface area contributed by atoms with Crippen molar-refractivity contribution in [3.63, 3.8) is 0 Å². The molecule has 0 fully saturated rings. The van der Waals surface area contributed by atoms with E-state index in [9.17, 15) is 13.2 Å². The second-order valence-electron chi connectivity index (χ2n) is 4.06. The van der Waals surface area contributed by atoms with Gasteiger partial charge in [0.05, 0.1) is 6.04 Å². The van der Waals surface area contributed by atoms with Crippen molar-refractivity contribution in [2.45, 2.75) is 37.1 Å². The minimum Gasteiger partial charge on any atom is -0.353 e. The van der Waals surface area contributed by atoms with Crippen LogP contribution >= 0.6 is 27.3 Å². The Hall–Kier alpha value is -0.440. The minimum atomic E-state index is -3.67. The Kier molecular flexibility index (Phi) is 5.32. The molecule has 0 bridgehead atoms. The highest BCUT2D eigenvalue weighted by Crippen LogP contribution is 2.27. The monoisotopic (exact) mass is 354 g/mol. The second-order valence-corrected chi connectivity index (χ2v) is 7.74. The van der Waals surface area contributed by atoms with Crippen LogP contribution in [0.4, 0.5) is 0 Å². The molecule has 1 aromatic heterocycles. The van der Waals surface area contributed by atoms with E-state index in [0.717, 1.165) is 11.3 Å². The molecule has 5 nitrogen and oxygen atoms in total. The molecule has 1 amide bonds. The molecule has 1 rings (SSSR count). The minimum absolute atomic E-state index is 0.0297. The predicted molar refractivity (Wildman–Crippen MR) is 75.1 cm³/mol. The molecule has 0 aliphatic rings. The number of thiophene rings is 1. The average Bonchev–Trinajstić information content (AvgIpc) is 2.63. The van der Waals surface area contributed by atoms with Crippen LogP contribution in [0.2, 0.25) is 0 Å². The molecule has 0 aromatic carbocycles. The Morgan fingerprint density at radius 1 is 1.39 bits per heavy atom. The largest absolute Gasteiger partial charge is 0.353 e. The molecular formula is C10H15BrN2O3S2. The molecule has 1 unspecified atom stereocenters. The fourth-order valence-electron chi connectivity index (χ4n) is 1.22. The normalized spacial score (nSPS) is 13.6. The van der Waals surface area contributed by atoms with Crippen LogP contribution in [0.3, 0.4) is 0 Å². The van der Waals surface area contributed by atoms with Crippen molar-refractivity contribution in [3.05, 3.63) is 15.9 Å². The zero-order valence-electron chi connectivity index (χ0n) is 10.2. The first kappa shape index (κ1) is 15.6. The third-order valence-corrected chi connectivity index (χ3v) is 6.20. The molecule has 0 aliphatic heterocycles. The number of carbonyl (C=O) groups excluding carboxylic acids is 1. The molecule has 102 valence electrons. The van der Waals surface area contributed by atoms with Crippen molar-refractivity contribution in [3.8, 4) is 0 Å². The molecule has 0 aliphatic carbocycles. The van der Waals surface area contributed by atoms with E-state index in [0.29, 0.717) is 4.47 Å². The van der Waals surface area contributed by atoms with E-state index in [1.54, 1.807) is 11.4 Å². The van der Waals surface area contributed by atoms with Gasteiger partial charge in [0, 0.05) is 10.5 Å². The first-order valence-corrected chi connectivity index (χ1v) is 8.45. The molecule has 0 radical (unpaired) electrons. The number of sulfonamides is 1. The van der Waals surface area contributed by atoms with Gasteiger partial charge in [0.1, 0.15) is 4.21 Å². The smallest absolute Gasteiger partial charge is 0.251 e. The van der Waals surface area contributed by atoms with Crippen molar-refractivity contribution in [2.75, 3.05) is 0 Å². The van der Waals surface area contributed by atoms with Gasteiger partial charge in [0.25, 0.3) is 10.0 Å². The summed E-state index contributed by atoms with van der Waals surface area (Å²) in [6.45, 7) is 5.14. The molecule has 0 saturated carbocycles. The molecule has 8 heteroatoms.